The first-order valence-electron chi connectivity index (χ1n) is 6.80. The fourth-order valence-electron chi connectivity index (χ4n) is 1.78. The van der Waals surface area contributed by atoms with Crippen molar-refractivity contribution in [2.75, 3.05) is 6.61 Å². The summed E-state index contributed by atoms with van der Waals surface area (Å²) in [4.78, 5) is 0. The van der Waals surface area contributed by atoms with Gasteiger partial charge in [0.05, 0.1) is 6.61 Å². The quantitative estimate of drug-likeness (QED) is 0.655. The molecule has 102 valence electrons. The van der Waals surface area contributed by atoms with E-state index in [1.807, 2.05) is 12.1 Å². The van der Waals surface area contributed by atoms with Gasteiger partial charge in [-0.3, -0.25) is 0 Å². The van der Waals surface area contributed by atoms with Crippen molar-refractivity contribution in [1.82, 2.24) is 0 Å². The van der Waals surface area contributed by atoms with E-state index in [-0.39, 0.29) is 10.8 Å². The Balaban J connectivity index is 2.61. The molecule has 1 nitrogen and oxygen atoms in total. The normalized spacial score (nSPS) is 13.4. The summed E-state index contributed by atoms with van der Waals surface area (Å²) in [6, 6.07) is 8.27. The van der Waals surface area contributed by atoms with Crippen LogP contribution in [0.5, 0.6) is 5.75 Å². The highest BCUT2D eigenvalue weighted by molar-refractivity contribution is 6.21. The molecule has 0 aliphatic carbocycles. The van der Waals surface area contributed by atoms with E-state index in [1.165, 1.54) is 5.56 Å². The Bertz CT molecular complexity index is 354. The molecule has 0 spiro atoms. The zero-order valence-corrected chi connectivity index (χ0v) is 12.8. The summed E-state index contributed by atoms with van der Waals surface area (Å²) in [7, 11) is 0. The molecular weight excluding hydrogens is 244 g/mol. The Labute approximate surface area is 116 Å². The zero-order valence-electron chi connectivity index (χ0n) is 12.0. The van der Waals surface area contributed by atoms with Gasteiger partial charge in [0, 0.05) is 5.38 Å². The Morgan fingerprint density at radius 2 is 1.89 bits per heavy atom. The molecule has 0 heterocycles. The Kier molecular flexibility index (Phi) is 6.01. The maximum atomic E-state index is 6.42. The summed E-state index contributed by atoms with van der Waals surface area (Å²) in [6.07, 6.45) is 3.00. The number of alkyl halides is 1. The number of rotatable bonds is 6. The minimum absolute atomic E-state index is 0.154. The number of ether oxygens (including phenoxy) is 1. The summed E-state index contributed by atoms with van der Waals surface area (Å²) in [5.41, 5.74) is 1.42. The maximum absolute atomic E-state index is 6.42. The SMILES string of the molecule is CCCOc1ccccc1CCC(Cl)C(C)(C)C. The van der Waals surface area contributed by atoms with Gasteiger partial charge in [-0.2, -0.15) is 0 Å². The second-order valence-corrected chi connectivity index (χ2v) is 6.36. The van der Waals surface area contributed by atoms with Gasteiger partial charge in [-0.1, -0.05) is 45.9 Å². The third-order valence-corrected chi connectivity index (χ3v) is 3.91. The average Bonchev–Trinajstić information content (AvgIpc) is 2.33. The fraction of sp³-hybridized carbons (Fsp3) is 0.625. The lowest BCUT2D eigenvalue weighted by atomic mass is 9.88. The predicted molar refractivity (Wildman–Crippen MR) is 79.6 cm³/mol. The molecule has 0 fully saturated rings. The van der Waals surface area contributed by atoms with Gasteiger partial charge in [0.15, 0.2) is 0 Å². The summed E-state index contributed by atoms with van der Waals surface area (Å²) in [5.74, 6) is 1.01. The predicted octanol–water partition coefficient (Wildman–Crippen LogP) is 5.06. The lowest BCUT2D eigenvalue weighted by Gasteiger charge is -2.25. The van der Waals surface area contributed by atoms with Crippen LogP contribution in [-0.2, 0) is 6.42 Å². The fourth-order valence-corrected chi connectivity index (χ4v) is 1.89. The number of benzene rings is 1. The van der Waals surface area contributed by atoms with Gasteiger partial charge < -0.3 is 4.74 Å². The first kappa shape index (κ1) is 15.4. The number of para-hydroxylation sites is 1. The standard InChI is InChI=1S/C16H25ClO/c1-5-12-18-14-9-7-6-8-13(14)10-11-15(17)16(2,3)4/h6-9,15H,5,10-12H2,1-4H3. The number of halogens is 1. The first-order chi connectivity index (χ1) is 8.45. The highest BCUT2D eigenvalue weighted by Crippen LogP contribution is 2.29. The van der Waals surface area contributed by atoms with Gasteiger partial charge in [0.1, 0.15) is 5.75 Å². The summed E-state index contributed by atoms with van der Waals surface area (Å²) in [5, 5.41) is 0.191. The minimum atomic E-state index is 0.154. The zero-order chi connectivity index (χ0) is 13.6. The third kappa shape index (κ3) is 4.89. The summed E-state index contributed by atoms with van der Waals surface area (Å²) < 4.78 is 5.76. The molecule has 1 aromatic rings. The van der Waals surface area contributed by atoms with Crippen molar-refractivity contribution in [3.63, 3.8) is 0 Å². The van der Waals surface area contributed by atoms with Crippen LogP contribution in [0, 0.1) is 5.41 Å². The van der Waals surface area contributed by atoms with E-state index in [1.54, 1.807) is 0 Å². The monoisotopic (exact) mass is 268 g/mol. The number of hydrogen-bond acceptors (Lipinski definition) is 1. The van der Waals surface area contributed by atoms with Gasteiger partial charge in [-0.25, -0.2) is 0 Å². The van der Waals surface area contributed by atoms with Crippen molar-refractivity contribution in [3.05, 3.63) is 29.8 Å². The van der Waals surface area contributed by atoms with E-state index in [9.17, 15) is 0 Å². The van der Waals surface area contributed by atoms with Crippen LogP contribution in [0.15, 0.2) is 24.3 Å². The Morgan fingerprint density at radius 1 is 1.22 bits per heavy atom. The van der Waals surface area contributed by atoms with Gasteiger partial charge >= 0.3 is 0 Å². The molecule has 1 unspecified atom stereocenters. The van der Waals surface area contributed by atoms with Crippen LogP contribution in [-0.4, -0.2) is 12.0 Å². The highest BCUT2D eigenvalue weighted by Gasteiger charge is 2.22. The third-order valence-electron chi connectivity index (χ3n) is 3.04. The first-order valence-corrected chi connectivity index (χ1v) is 7.23. The van der Waals surface area contributed by atoms with Crippen molar-refractivity contribution in [2.45, 2.75) is 52.3 Å². The van der Waals surface area contributed by atoms with Crippen molar-refractivity contribution in [1.29, 1.82) is 0 Å². The van der Waals surface area contributed by atoms with Crippen LogP contribution in [0.2, 0.25) is 0 Å². The molecule has 18 heavy (non-hydrogen) atoms. The smallest absolute Gasteiger partial charge is 0.122 e. The Hall–Kier alpha value is -0.690. The molecule has 1 atom stereocenters. The molecule has 1 rings (SSSR count). The molecule has 1 aromatic carbocycles. The van der Waals surface area contributed by atoms with Gasteiger partial charge in [-0.05, 0) is 36.3 Å². The maximum Gasteiger partial charge on any atom is 0.122 e. The molecule has 0 aromatic heterocycles. The molecular formula is C16H25ClO. The molecule has 0 aliphatic heterocycles. The second-order valence-electron chi connectivity index (χ2n) is 5.83. The highest BCUT2D eigenvalue weighted by atomic mass is 35.5. The molecule has 0 radical (unpaired) electrons. The van der Waals surface area contributed by atoms with Crippen molar-refractivity contribution >= 4 is 11.6 Å². The van der Waals surface area contributed by atoms with Gasteiger partial charge in [0.2, 0.25) is 0 Å². The molecule has 0 saturated carbocycles. The number of hydrogen-bond donors (Lipinski definition) is 0. The number of aryl methyl sites for hydroxylation is 1. The lowest BCUT2D eigenvalue weighted by molar-refractivity contribution is 0.312. The van der Waals surface area contributed by atoms with E-state index in [0.717, 1.165) is 31.6 Å². The molecule has 0 aliphatic rings. The van der Waals surface area contributed by atoms with E-state index in [4.69, 9.17) is 16.3 Å². The topological polar surface area (TPSA) is 9.23 Å². The average molecular weight is 269 g/mol. The van der Waals surface area contributed by atoms with Crippen molar-refractivity contribution in [2.24, 2.45) is 5.41 Å². The van der Waals surface area contributed by atoms with Crippen LogP contribution in [0.3, 0.4) is 0 Å². The molecule has 0 saturated heterocycles. The van der Waals surface area contributed by atoms with E-state index < -0.39 is 0 Å². The largest absolute Gasteiger partial charge is 0.493 e. The van der Waals surface area contributed by atoms with Gasteiger partial charge in [-0.15, -0.1) is 11.6 Å². The summed E-state index contributed by atoms with van der Waals surface area (Å²) >= 11 is 6.42. The second kappa shape index (κ2) is 7.04. The van der Waals surface area contributed by atoms with E-state index in [2.05, 4.69) is 39.8 Å². The Morgan fingerprint density at radius 3 is 2.50 bits per heavy atom. The van der Waals surface area contributed by atoms with Crippen molar-refractivity contribution < 1.29 is 4.74 Å². The van der Waals surface area contributed by atoms with Crippen LogP contribution in [0.25, 0.3) is 0 Å². The van der Waals surface area contributed by atoms with Crippen molar-refractivity contribution in [3.8, 4) is 5.75 Å². The van der Waals surface area contributed by atoms with Crippen LogP contribution >= 0.6 is 11.6 Å². The van der Waals surface area contributed by atoms with Crippen LogP contribution in [0.1, 0.15) is 46.1 Å². The van der Waals surface area contributed by atoms with Crippen LogP contribution in [0.4, 0.5) is 0 Å². The van der Waals surface area contributed by atoms with Crippen LogP contribution < -0.4 is 4.74 Å². The molecule has 2 heteroatoms. The molecule has 0 amide bonds. The van der Waals surface area contributed by atoms with E-state index in [0.29, 0.717) is 0 Å². The summed E-state index contributed by atoms with van der Waals surface area (Å²) in [6.45, 7) is 9.45. The van der Waals surface area contributed by atoms with Gasteiger partial charge in [0.25, 0.3) is 0 Å². The van der Waals surface area contributed by atoms with E-state index >= 15 is 0 Å². The molecule has 0 N–H and O–H groups in total. The lowest BCUT2D eigenvalue weighted by Crippen LogP contribution is -2.21. The molecule has 0 bridgehead atoms. The minimum Gasteiger partial charge on any atom is -0.493 e.